The van der Waals surface area contributed by atoms with Crippen LogP contribution in [0.25, 0.3) is 0 Å². The molecule has 3 nitrogen and oxygen atoms in total. The quantitative estimate of drug-likeness (QED) is 0.799. The Hall–Kier alpha value is -1.35. The van der Waals surface area contributed by atoms with Gasteiger partial charge in [-0.25, -0.2) is 0 Å². The lowest BCUT2D eigenvalue weighted by molar-refractivity contribution is -0.142. The molecule has 0 aliphatic heterocycles. The molecule has 1 rings (SSSR count). The minimum atomic E-state index is -0.782. The number of aliphatic hydroxyl groups excluding tert-OH is 1. The van der Waals surface area contributed by atoms with Crippen LogP contribution >= 0.6 is 0 Å². The normalized spacial score (nSPS) is 12.5. The molecule has 1 N–H and O–H groups in total. The minimum Gasteiger partial charge on any atom is -0.469 e. The third-order valence-corrected chi connectivity index (χ3v) is 2.60. The highest BCUT2D eigenvalue weighted by Crippen LogP contribution is 2.18. The van der Waals surface area contributed by atoms with Gasteiger partial charge in [0.15, 0.2) is 0 Å². The van der Waals surface area contributed by atoms with E-state index < -0.39 is 12.1 Å². The van der Waals surface area contributed by atoms with Crippen LogP contribution in [0.1, 0.15) is 37.5 Å². The summed E-state index contributed by atoms with van der Waals surface area (Å²) in [7, 11) is 1.32. The largest absolute Gasteiger partial charge is 0.469 e. The smallest absolute Gasteiger partial charge is 0.308 e. The first-order valence-corrected chi connectivity index (χ1v) is 5.86. The topological polar surface area (TPSA) is 46.5 Å². The minimum absolute atomic E-state index is 0.0000270. The van der Waals surface area contributed by atoms with Gasteiger partial charge in [0.25, 0.3) is 0 Å². The number of aliphatic hydroxyl groups is 1. The van der Waals surface area contributed by atoms with Gasteiger partial charge in [0.05, 0.1) is 19.6 Å². The lowest BCUT2D eigenvalue weighted by Crippen LogP contribution is -2.08. The van der Waals surface area contributed by atoms with Crippen molar-refractivity contribution in [3.63, 3.8) is 0 Å². The van der Waals surface area contributed by atoms with E-state index in [1.807, 2.05) is 24.3 Å². The maximum atomic E-state index is 11.0. The number of ether oxygens (including phenoxy) is 1. The van der Waals surface area contributed by atoms with Gasteiger partial charge < -0.3 is 9.84 Å². The van der Waals surface area contributed by atoms with Crippen molar-refractivity contribution in [3.05, 3.63) is 35.4 Å². The summed E-state index contributed by atoms with van der Waals surface area (Å²) in [6, 6.07) is 7.72. The van der Waals surface area contributed by atoms with Crippen molar-refractivity contribution < 1.29 is 14.6 Å². The zero-order chi connectivity index (χ0) is 12.8. The Balaban J connectivity index is 2.63. The van der Waals surface area contributed by atoms with Gasteiger partial charge in [0.1, 0.15) is 0 Å². The average Bonchev–Trinajstić information content (AvgIpc) is 2.28. The van der Waals surface area contributed by atoms with Crippen LogP contribution in [0, 0.1) is 5.92 Å². The SMILES string of the molecule is COC(=O)C[C@H](O)c1ccc(CC(C)C)cc1. The molecule has 0 radical (unpaired) electrons. The lowest BCUT2D eigenvalue weighted by Gasteiger charge is -2.11. The molecule has 0 bridgehead atoms. The molecule has 1 aromatic carbocycles. The zero-order valence-corrected chi connectivity index (χ0v) is 10.6. The number of rotatable bonds is 5. The maximum Gasteiger partial charge on any atom is 0.308 e. The molecule has 0 fully saturated rings. The first kappa shape index (κ1) is 13.7. The third kappa shape index (κ3) is 4.57. The Morgan fingerprint density at radius 1 is 1.29 bits per heavy atom. The van der Waals surface area contributed by atoms with Crippen LogP contribution in [0.15, 0.2) is 24.3 Å². The summed E-state index contributed by atoms with van der Waals surface area (Å²) in [6.07, 6.45) is 0.239. The first-order chi connectivity index (χ1) is 8.02. The summed E-state index contributed by atoms with van der Waals surface area (Å²) in [5.74, 6) is 0.213. The number of hydrogen-bond donors (Lipinski definition) is 1. The molecule has 0 spiro atoms. The Morgan fingerprint density at radius 2 is 1.88 bits per heavy atom. The van der Waals surface area contributed by atoms with Gasteiger partial charge in [-0.2, -0.15) is 0 Å². The second kappa shape index (κ2) is 6.40. The summed E-state index contributed by atoms with van der Waals surface area (Å²) >= 11 is 0. The van der Waals surface area contributed by atoms with Crippen molar-refractivity contribution >= 4 is 5.97 Å². The fraction of sp³-hybridized carbons (Fsp3) is 0.500. The Bertz CT molecular complexity index is 354. The van der Waals surface area contributed by atoms with Crippen LogP contribution in [0.4, 0.5) is 0 Å². The van der Waals surface area contributed by atoms with E-state index >= 15 is 0 Å². The maximum absolute atomic E-state index is 11.0. The van der Waals surface area contributed by atoms with Gasteiger partial charge in [-0.3, -0.25) is 4.79 Å². The summed E-state index contributed by atoms with van der Waals surface area (Å²) < 4.78 is 4.52. The van der Waals surface area contributed by atoms with E-state index in [2.05, 4.69) is 18.6 Å². The Morgan fingerprint density at radius 3 is 2.35 bits per heavy atom. The molecule has 3 heteroatoms. The van der Waals surface area contributed by atoms with E-state index in [1.54, 1.807) is 0 Å². The Labute approximate surface area is 102 Å². The molecule has 0 aromatic heterocycles. The van der Waals surface area contributed by atoms with Crippen molar-refractivity contribution in [1.29, 1.82) is 0 Å². The van der Waals surface area contributed by atoms with Crippen molar-refractivity contribution in [1.82, 2.24) is 0 Å². The lowest BCUT2D eigenvalue weighted by atomic mass is 9.99. The van der Waals surface area contributed by atoms with E-state index in [9.17, 15) is 9.90 Å². The second-order valence-corrected chi connectivity index (χ2v) is 4.64. The van der Waals surface area contributed by atoms with Crippen LogP contribution in [0.5, 0.6) is 0 Å². The molecule has 1 atom stereocenters. The molecule has 0 unspecified atom stereocenters. The van der Waals surface area contributed by atoms with Gasteiger partial charge in [-0.05, 0) is 23.5 Å². The molecule has 0 heterocycles. The number of esters is 1. The van der Waals surface area contributed by atoms with E-state index in [0.29, 0.717) is 5.92 Å². The molecule has 1 aromatic rings. The highest BCUT2D eigenvalue weighted by molar-refractivity contribution is 5.70. The molecule has 0 saturated carbocycles. The molecule has 0 saturated heterocycles. The van der Waals surface area contributed by atoms with Crippen molar-refractivity contribution in [2.24, 2.45) is 5.92 Å². The summed E-state index contributed by atoms with van der Waals surface area (Å²) in [5.41, 5.74) is 2.00. The van der Waals surface area contributed by atoms with E-state index in [-0.39, 0.29) is 6.42 Å². The van der Waals surface area contributed by atoms with Gasteiger partial charge in [0, 0.05) is 0 Å². The van der Waals surface area contributed by atoms with Crippen LogP contribution in [-0.4, -0.2) is 18.2 Å². The molecular formula is C14H20O3. The molecule has 0 amide bonds. The van der Waals surface area contributed by atoms with Crippen LogP contribution in [0.3, 0.4) is 0 Å². The fourth-order valence-electron chi connectivity index (χ4n) is 1.71. The summed E-state index contributed by atoms with van der Waals surface area (Å²) in [6.45, 7) is 4.33. The third-order valence-electron chi connectivity index (χ3n) is 2.60. The first-order valence-electron chi connectivity index (χ1n) is 5.86. The van der Waals surface area contributed by atoms with Crippen molar-refractivity contribution in [3.8, 4) is 0 Å². The highest BCUT2D eigenvalue weighted by Gasteiger charge is 2.13. The predicted octanol–water partition coefficient (Wildman–Crippen LogP) is 2.48. The number of carbonyl (C=O) groups excluding carboxylic acids is 1. The summed E-state index contributed by atoms with van der Waals surface area (Å²) in [5, 5.41) is 9.79. The van der Waals surface area contributed by atoms with E-state index in [0.717, 1.165) is 12.0 Å². The van der Waals surface area contributed by atoms with Gasteiger partial charge >= 0.3 is 5.97 Å². The molecule has 94 valence electrons. The fourth-order valence-corrected chi connectivity index (χ4v) is 1.71. The number of methoxy groups -OCH3 is 1. The van der Waals surface area contributed by atoms with E-state index in [4.69, 9.17) is 0 Å². The molecular weight excluding hydrogens is 216 g/mol. The van der Waals surface area contributed by atoms with Crippen molar-refractivity contribution in [2.75, 3.05) is 7.11 Å². The Kier molecular flexibility index (Phi) is 5.16. The predicted molar refractivity (Wildman–Crippen MR) is 66.6 cm³/mol. The monoisotopic (exact) mass is 236 g/mol. The molecule has 0 aliphatic carbocycles. The second-order valence-electron chi connectivity index (χ2n) is 4.64. The van der Waals surface area contributed by atoms with E-state index in [1.165, 1.54) is 12.7 Å². The van der Waals surface area contributed by atoms with Gasteiger partial charge in [-0.1, -0.05) is 38.1 Å². The van der Waals surface area contributed by atoms with Crippen LogP contribution in [0.2, 0.25) is 0 Å². The van der Waals surface area contributed by atoms with Crippen LogP contribution < -0.4 is 0 Å². The standard InChI is InChI=1S/C14H20O3/c1-10(2)8-11-4-6-12(7-5-11)13(15)9-14(16)17-3/h4-7,10,13,15H,8-9H2,1-3H3/t13-/m0/s1. The zero-order valence-electron chi connectivity index (χ0n) is 10.6. The number of hydrogen-bond acceptors (Lipinski definition) is 3. The van der Waals surface area contributed by atoms with Gasteiger partial charge in [0.2, 0.25) is 0 Å². The molecule has 17 heavy (non-hydrogen) atoms. The van der Waals surface area contributed by atoms with Crippen LogP contribution in [-0.2, 0) is 16.0 Å². The number of benzene rings is 1. The van der Waals surface area contributed by atoms with Gasteiger partial charge in [-0.15, -0.1) is 0 Å². The number of carbonyl (C=O) groups is 1. The molecule has 0 aliphatic rings. The highest BCUT2D eigenvalue weighted by atomic mass is 16.5. The van der Waals surface area contributed by atoms with Crippen molar-refractivity contribution in [2.45, 2.75) is 32.8 Å². The average molecular weight is 236 g/mol. The summed E-state index contributed by atoms with van der Waals surface area (Å²) in [4.78, 5) is 11.0.